The molecule has 2 unspecified atom stereocenters. The Morgan fingerprint density at radius 2 is 1.14 bits per heavy atom. The van der Waals surface area contributed by atoms with Crippen LogP contribution in [0.25, 0.3) is 0 Å². The van der Waals surface area contributed by atoms with Crippen molar-refractivity contribution in [3.05, 3.63) is 31.5 Å². The van der Waals surface area contributed by atoms with Gasteiger partial charge in [-0.25, -0.2) is 28.1 Å². The minimum absolute atomic E-state index is 0.00334. The summed E-state index contributed by atoms with van der Waals surface area (Å²) in [5.74, 6) is 0. The topological polar surface area (TPSA) is 136 Å². The molecule has 0 amide bonds. The molecule has 0 bridgehead atoms. The van der Waals surface area contributed by atoms with E-state index in [0.29, 0.717) is 32.7 Å². The molecule has 0 N–H and O–H groups in total. The summed E-state index contributed by atoms with van der Waals surface area (Å²) in [6.07, 6.45) is 0.712. The zero-order chi connectivity index (χ0) is 20.6. The number of rotatable bonds is 15. The second-order valence-corrected chi connectivity index (χ2v) is 6.60. The number of hydrogen-bond donors (Lipinski definition) is 0. The fourth-order valence-electron chi connectivity index (χ4n) is 2.61. The third kappa shape index (κ3) is 6.44. The Kier molecular flexibility index (Phi) is 7.89. The Hall–Kier alpha value is -2.12. The van der Waals surface area contributed by atoms with Gasteiger partial charge in [-0.3, -0.25) is 0 Å². The second kappa shape index (κ2) is 10.6. The normalized spacial score (nSPS) is 20.0. The van der Waals surface area contributed by atoms with Crippen molar-refractivity contribution in [2.45, 2.75) is 31.8 Å². The quantitative estimate of drug-likeness (QED) is 0.169. The number of carbonyl (C=O) groups excluding carboxylic acids is 1. The van der Waals surface area contributed by atoms with Crippen LogP contribution in [0.2, 0.25) is 0 Å². The van der Waals surface area contributed by atoms with E-state index in [0.717, 1.165) is 13.7 Å². The van der Waals surface area contributed by atoms with Crippen molar-refractivity contribution in [1.82, 2.24) is 13.7 Å². The maximum Gasteiger partial charge on any atom is 0.336 e. The van der Waals surface area contributed by atoms with Crippen LogP contribution in [0.15, 0.2) is 14.4 Å². The van der Waals surface area contributed by atoms with Gasteiger partial charge >= 0.3 is 17.1 Å². The van der Waals surface area contributed by atoms with E-state index in [2.05, 4.69) is 0 Å². The summed E-state index contributed by atoms with van der Waals surface area (Å²) >= 11 is 0. The minimum atomic E-state index is -0.746. The van der Waals surface area contributed by atoms with E-state index in [1.165, 1.54) is 0 Å². The van der Waals surface area contributed by atoms with Crippen molar-refractivity contribution in [2.75, 3.05) is 52.9 Å². The first-order valence-electron chi connectivity index (χ1n) is 9.46. The third-order valence-corrected chi connectivity index (χ3v) is 4.36. The first kappa shape index (κ1) is 21.6. The molecule has 2 aliphatic rings. The predicted molar refractivity (Wildman–Crippen MR) is 97.2 cm³/mol. The minimum Gasteiger partial charge on any atom is -0.377 e. The molecule has 2 aliphatic heterocycles. The summed E-state index contributed by atoms with van der Waals surface area (Å²) in [6.45, 7) is 2.07. The van der Waals surface area contributed by atoms with Gasteiger partial charge in [0.15, 0.2) is 0 Å². The summed E-state index contributed by atoms with van der Waals surface area (Å²) in [4.78, 5) is 48.4. The van der Waals surface area contributed by atoms with Gasteiger partial charge in [0.05, 0.1) is 65.9 Å². The van der Waals surface area contributed by atoms with Gasteiger partial charge in [0.1, 0.15) is 25.1 Å². The Morgan fingerprint density at radius 3 is 1.48 bits per heavy atom. The standard InChI is InChI=1S/C17H25N3O9/c21-4-8-25-5-1-18-15(22)19(2-6-26-9-13-11-28-13)17(24)20(16(18)23)3-7-27-10-14-12-29-14/h4,13-14H,1-3,5-12H2. The van der Waals surface area contributed by atoms with E-state index < -0.39 is 17.1 Å². The number of epoxide rings is 2. The lowest BCUT2D eigenvalue weighted by atomic mass is 10.5. The van der Waals surface area contributed by atoms with Crippen molar-refractivity contribution >= 4 is 6.29 Å². The summed E-state index contributed by atoms with van der Waals surface area (Å²) in [5, 5.41) is 0. The van der Waals surface area contributed by atoms with E-state index in [1.807, 2.05) is 0 Å². The molecule has 0 radical (unpaired) electrons. The number of carbonyl (C=O) groups is 1. The van der Waals surface area contributed by atoms with E-state index in [4.69, 9.17) is 23.7 Å². The average molecular weight is 415 g/mol. The first-order chi connectivity index (χ1) is 14.1. The van der Waals surface area contributed by atoms with Crippen LogP contribution in [0.3, 0.4) is 0 Å². The van der Waals surface area contributed by atoms with Crippen LogP contribution in [0.5, 0.6) is 0 Å². The Balaban J connectivity index is 1.72. The highest BCUT2D eigenvalue weighted by molar-refractivity contribution is 5.50. The molecule has 2 saturated heterocycles. The van der Waals surface area contributed by atoms with Gasteiger partial charge in [0.25, 0.3) is 0 Å². The van der Waals surface area contributed by atoms with Crippen LogP contribution in [0.1, 0.15) is 0 Å². The maximum atomic E-state index is 12.7. The molecule has 3 rings (SSSR count). The smallest absolute Gasteiger partial charge is 0.336 e. The van der Waals surface area contributed by atoms with E-state index in [1.54, 1.807) is 0 Å². The summed E-state index contributed by atoms with van der Waals surface area (Å²) in [6, 6.07) is 0. The molecular formula is C17H25N3O9. The van der Waals surface area contributed by atoms with Crippen LogP contribution in [0, 0.1) is 0 Å². The highest BCUT2D eigenvalue weighted by Crippen LogP contribution is 2.08. The van der Waals surface area contributed by atoms with Gasteiger partial charge in [-0.2, -0.15) is 0 Å². The zero-order valence-corrected chi connectivity index (χ0v) is 16.0. The number of ether oxygens (including phenoxy) is 5. The largest absolute Gasteiger partial charge is 0.377 e. The molecule has 0 aliphatic carbocycles. The highest BCUT2D eigenvalue weighted by Gasteiger charge is 2.23. The zero-order valence-electron chi connectivity index (χ0n) is 16.0. The van der Waals surface area contributed by atoms with E-state index in [9.17, 15) is 19.2 Å². The molecule has 0 aromatic carbocycles. The monoisotopic (exact) mass is 415 g/mol. The summed E-state index contributed by atoms with van der Waals surface area (Å²) in [5.41, 5.74) is -2.21. The Bertz CT molecular complexity index is 793. The van der Waals surface area contributed by atoms with Crippen LogP contribution in [0.4, 0.5) is 0 Å². The molecule has 12 heteroatoms. The number of aldehydes is 1. The highest BCUT2D eigenvalue weighted by atomic mass is 16.6. The van der Waals surface area contributed by atoms with Gasteiger partial charge in [-0.05, 0) is 0 Å². The molecule has 2 atom stereocenters. The molecule has 1 aromatic heterocycles. The Labute approximate surface area is 165 Å². The Morgan fingerprint density at radius 1 is 0.759 bits per heavy atom. The first-order valence-corrected chi connectivity index (χ1v) is 9.46. The average Bonchev–Trinajstić information content (AvgIpc) is 3.61. The maximum absolute atomic E-state index is 12.7. The molecule has 1 aromatic rings. The van der Waals surface area contributed by atoms with Crippen molar-refractivity contribution in [1.29, 1.82) is 0 Å². The lowest BCUT2D eigenvalue weighted by Crippen LogP contribution is -2.55. The van der Waals surface area contributed by atoms with Gasteiger partial charge < -0.3 is 28.5 Å². The van der Waals surface area contributed by atoms with Crippen molar-refractivity contribution in [3.8, 4) is 0 Å². The lowest BCUT2D eigenvalue weighted by Gasteiger charge is -2.14. The number of hydrogen-bond acceptors (Lipinski definition) is 9. The molecule has 162 valence electrons. The molecule has 2 fully saturated rings. The van der Waals surface area contributed by atoms with Gasteiger partial charge in [0, 0.05) is 0 Å². The molecule has 0 saturated carbocycles. The fraction of sp³-hybridized carbons (Fsp3) is 0.765. The van der Waals surface area contributed by atoms with E-state index in [-0.39, 0.29) is 58.3 Å². The predicted octanol–water partition coefficient (Wildman–Crippen LogP) is -2.78. The lowest BCUT2D eigenvalue weighted by molar-refractivity contribution is -0.111. The van der Waals surface area contributed by atoms with Crippen molar-refractivity contribution < 1.29 is 28.5 Å². The fourth-order valence-corrected chi connectivity index (χ4v) is 2.61. The summed E-state index contributed by atoms with van der Waals surface area (Å²) in [7, 11) is 0. The number of aromatic nitrogens is 3. The van der Waals surface area contributed by atoms with Crippen LogP contribution >= 0.6 is 0 Å². The van der Waals surface area contributed by atoms with Crippen molar-refractivity contribution in [3.63, 3.8) is 0 Å². The molecule has 12 nitrogen and oxygen atoms in total. The van der Waals surface area contributed by atoms with Gasteiger partial charge in [0.2, 0.25) is 0 Å². The van der Waals surface area contributed by atoms with Crippen LogP contribution in [-0.4, -0.2) is 85.1 Å². The van der Waals surface area contributed by atoms with Crippen LogP contribution in [-0.2, 0) is 48.1 Å². The molecular weight excluding hydrogens is 390 g/mol. The summed E-state index contributed by atoms with van der Waals surface area (Å²) < 4.78 is 28.7. The molecule has 3 heterocycles. The van der Waals surface area contributed by atoms with Crippen molar-refractivity contribution in [2.24, 2.45) is 0 Å². The molecule has 0 spiro atoms. The SMILES string of the molecule is O=CCOCCn1c(=O)n(CCOCC2CO2)c(=O)n(CCOCC2CO2)c1=O. The van der Waals surface area contributed by atoms with Gasteiger partial charge in [-0.1, -0.05) is 0 Å². The molecule has 29 heavy (non-hydrogen) atoms. The van der Waals surface area contributed by atoms with E-state index >= 15 is 0 Å². The number of nitrogens with zero attached hydrogens (tertiary/aromatic N) is 3. The van der Waals surface area contributed by atoms with Gasteiger partial charge in [-0.15, -0.1) is 0 Å². The van der Waals surface area contributed by atoms with Crippen LogP contribution < -0.4 is 17.1 Å². The third-order valence-electron chi connectivity index (χ3n) is 4.36. The second-order valence-electron chi connectivity index (χ2n) is 6.60.